The number of rotatable bonds is 12. The Morgan fingerprint density at radius 3 is 2.47 bits per heavy atom. The minimum atomic E-state index is -4.80. The van der Waals surface area contributed by atoms with Crippen molar-refractivity contribution in [3.8, 4) is 0 Å². The van der Waals surface area contributed by atoms with E-state index in [-0.39, 0.29) is 18.1 Å². The van der Waals surface area contributed by atoms with Gasteiger partial charge in [-0.2, -0.15) is 13.2 Å². The Balaban J connectivity index is 1.73. The maximum absolute atomic E-state index is 15.2. The number of nitrogens with zero attached hydrogens (tertiary/aromatic N) is 1. The molecule has 1 unspecified atom stereocenters. The van der Waals surface area contributed by atoms with E-state index in [1.54, 1.807) is 48.8 Å². The average molecular weight is 596 g/mol. The predicted molar refractivity (Wildman–Crippen MR) is 157 cm³/mol. The van der Waals surface area contributed by atoms with Crippen LogP contribution in [0.4, 0.5) is 28.9 Å². The van der Waals surface area contributed by atoms with E-state index >= 15 is 4.39 Å². The first-order valence-electron chi connectivity index (χ1n) is 13.8. The van der Waals surface area contributed by atoms with Gasteiger partial charge in [0.05, 0.1) is 16.8 Å². The van der Waals surface area contributed by atoms with Gasteiger partial charge in [-0.1, -0.05) is 43.7 Å². The minimum Gasteiger partial charge on any atom is -0.351 e. The molecule has 0 saturated heterocycles. The van der Waals surface area contributed by atoms with Gasteiger partial charge in [0.1, 0.15) is 11.5 Å². The minimum absolute atomic E-state index is 0.168. The Kier molecular flexibility index (Phi) is 9.65. The molecule has 1 aliphatic rings. The Bertz CT molecular complexity index is 1520. The summed E-state index contributed by atoms with van der Waals surface area (Å²) in [6.07, 6.45) is 2.39. The van der Waals surface area contributed by atoms with Gasteiger partial charge in [0.15, 0.2) is 0 Å². The van der Waals surface area contributed by atoms with Crippen LogP contribution < -0.4 is 21.7 Å². The van der Waals surface area contributed by atoms with Gasteiger partial charge in [-0.25, -0.2) is 4.39 Å². The first kappa shape index (κ1) is 31.4. The van der Waals surface area contributed by atoms with Crippen molar-refractivity contribution in [2.75, 3.05) is 10.6 Å². The second kappa shape index (κ2) is 13.2. The summed E-state index contributed by atoms with van der Waals surface area (Å²) in [6.45, 7) is 4.58. The number of hydrogen-bond donors (Lipinski definition) is 4. The Morgan fingerprint density at radius 1 is 1.07 bits per heavy atom. The number of hydrogen-bond acceptors (Lipinski definition) is 5. The second-order valence-electron chi connectivity index (χ2n) is 10.6. The number of benzene rings is 2. The molecule has 0 aliphatic heterocycles. The molecule has 3 aromatic rings. The van der Waals surface area contributed by atoms with Crippen molar-refractivity contribution in [1.82, 2.24) is 10.3 Å². The SMILES string of the molecule is C=C(/C=C(\Nc1cccc(CN)c1)C(=O)Nc1cc(C(CCC2CC2)(NC(C)=O)c2cccnc2)ccc1F)C(F)(F)F. The summed E-state index contributed by atoms with van der Waals surface area (Å²) in [5.41, 5.74) is 4.61. The molecule has 1 fully saturated rings. The van der Waals surface area contributed by atoms with Crippen LogP contribution >= 0.6 is 0 Å². The highest BCUT2D eigenvalue weighted by atomic mass is 19.4. The molecule has 0 radical (unpaired) electrons. The number of nitrogens with one attached hydrogen (secondary N) is 3. The highest BCUT2D eigenvalue weighted by Crippen LogP contribution is 2.42. The maximum atomic E-state index is 15.2. The number of carbonyl (C=O) groups excluding carboxylic acids is 2. The van der Waals surface area contributed by atoms with Crippen LogP contribution in [0.25, 0.3) is 0 Å². The summed E-state index contributed by atoms with van der Waals surface area (Å²) >= 11 is 0. The van der Waals surface area contributed by atoms with Gasteiger partial charge >= 0.3 is 6.18 Å². The standard InChI is InChI=1S/C32H33F4N5O2/c1-20(32(34,35)36)15-29(39-26-7-3-5-23(16-26)18-37)30(43)40-28-17-24(10-11-27(28)33)31(41-21(2)42,13-12-22-8-9-22)25-6-4-14-38-19-25/h3-7,10-11,14-17,19,22,39H,1,8-9,12-13,18,37H2,2H3,(H,40,43)(H,41,42)/b29-15-. The van der Waals surface area contributed by atoms with Crippen molar-refractivity contribution in [1.29, 1.82) is 0 Å². The monoisotopic (exact) mass is 595 g/mol. The van der Waals surface area contributed by atoms with Gasteiger partial charge in [-0.05, 0) is 66.3 Å². The van der Waals surface area contributed by atoms with E-state index in [1.165, 1.54) is 19.1 Å². The number of carbonyl (C=O) groups is 2. The zero-order valence-corrected chi connectivity index (χ0v) is 23.6. The smallest absolute Gasteiger partial charge is 0.351 e. The third-order valence-corrected chi connectivity index (χ3v) is 7.24. The highest BCUT2D eigenvalue weighted by Gasteiger charge is 2.38. The molecule has 11 heteroatoms. The number of anilines is 2. The molecule has 1 atom stereocenters. The molecule has 2 aromatic carbocycles. The molecule has 0 bridgehead atoms. The van der Waals surface area contributed by atoms with E-state index in [0.717, 1.165) is 25.3 Å². The van der Waals surface area contributed by atoms with E-state index in [4.69, 9.17) is 5.73 Å². The Morgan fingerprint density at radius 2 is 1.84 bits per heavy atom. The molecule has 1 aliphatic carbocycles. The molecule has 1 saturated carbocycles. The average Bonchev–Trinajstić information content (AvgIpc) is 3.80. The number of alkyl halides is 3. The van der Waals surface area contributed by atoms with Gasteiger partial charge in [0, 0.05) is 37.1 Å². The van der Waals surface area contributed by atoms with Crippen LogP contribution in [0.15, 0.2) is 90.9 Å². The first-order valence-corrected chi connectivity index (χ1v) is 13.8. The van der Waals surface area contributed by atoms with Crippen LogP contribution in [0.1, 0.15) is 49.3 Å². The fourth-order valence-electron chi connectivity index (χ4n) is 4.83. The summed E-state index contributed by atoms with van der Waals surface area (Å²) in [5.74, 6) is -1.68. The third-order valence-electron chi connectivity index (χ3n) is 7.24. The van der Waals surface area contributed by atoms with E-state index < -0.39 is 34.7 Å². The lowest BCUT2D eigenvalue weighted by atomic mass is 9.79. The Hall–Kier alpha value is -4.51. The van der Waals surface area contributed by atoms with Crippen molar-refractivity contribution >= 4 is 23.2 Å². The van der Waals surface area contributed by atoms with Crippen LogP contribution in [0, 0.1) is 11.7 Å². The molecule has 2 amide bonds. The fraction of sp³-hybridized carbons (Fsp3) is 0.281. The number of nitrogens with two attached hydrogens (primary N) is 1. The van der Waals surface area contributed by atoms with E-state index in [1.807, 2.05) is 0 Å². The number of amides is 2. The molecule has 1 aromatic heterocycles. The van der Waals surface area contributed by atoms with Gasteiger partial charge in [-0.3, -0.25) is 14.6 Å². The fourth-order valence-corrected chi connectivity index (χ4v) is 4.83. The number of pyridine rings is 1. The molecular weight excluding hydrogens is 562 g/mol. The first-order chi connectivity index (χ1) is 20.4. The normalized spacial score (nSPS) is 14.9. The number of halogens is 4. The summed E-state index contributed by atoms with van der Waals surface area (Å²) in [6, 6.07) is 14.0. The number of allylic oxidation sites excluding steroid dienone is 2. The molecular formula is C32H33F4N5O2. The maximum Gasteiger partial charge on any atom is 0.415 e. The number of aromatic nitrogens is 1. The van der Waals surface area contributed by atoms with Crippen LogP contribution in [-0.4, -0.2) is 23.0 Å². The van der Waals surface area contributed by atoms with Crippen LogP contribution in [0.5, 0.6) is 0 Å². The lowest BCUT2D eigenvalue weighted by Crippen LogP contribution is -2.46. The summed E-state index contributed by atoms with van der Waals surface area (Å²) < 4.78 is 55.3. The molecule has 0 spiro atoms. The predicted octanol–water partition coefficient (Wildman–Crippen LogP) is 6.30. The van der Waals surface area contributed by atoms with E-state index in [9.17, 15) is 22.8 Å². The summed E-state index contributed by atoms with van der Waals surface area (Å²) in [7, 11) is 0. The molecule has 43 heavy (non-hydrogen) atoms. The third kappa shape index (κ3) is 8.07. The lowest BCUT2D eigenvalue weighted by Gasteiger charge is -2.36. The second-order valence-corrected chi connectivity index (χ2v) is 10.6. The molecule has 4 rings (SSSR count). The van der Waals surface area contributed by atoms with Crippen molar-refractivity contribution in [2.45, 2.75) is 50.9 Å². The highest BCUT2D eigenvalue weighted by molar-refractivity contribution is 6.06. The Labute approximate surface area is 247 Å². The summed E-state index contributed by atoms with van der Waals surface area (Å²) in [5, 5.41) is 8.12. The topological polar surface area (TPSA) is 109 Å². The van der Waals surface area contributed by atoms with E-state index in [2.05, 4.69) is 27.5 Å². The van der Waals surface area contributed by atoms with Gasteiger partial charge < -0.3 is 21.7 Å². The van der Waals surface area contributed by atoms with Crippen LogP contribution in [-0.2, 0) is 21.7 Å². The molecule has 1 heterocycles. The van der Waals surface area contributed by atoms with Gasteiger partial charge in [-0.15, -0.1) is 0 Å². The molecule has 226 valence electrons. The van der Waals surface area contributed by atoms with Crippen LogP contribution in [0.2, 0.25) is 0 Å². The largest absolute Gasteiger partial charge is 0.415 e. The summed E-state index contributed by atoms with van der Waals surface area (Å²) in [4.78, 5) is 30.1. The van der Waals surface area contributed by atoms with Crippen molar-refractivity contribution in [3.63, 3.8) is 0 Å². The lowest BCUT2D eigenvalue weighted by molar-refractivity contribution is -0.120. The van der Waals surface area contributed by atoms with Crippen molar-refractivity contribution < 1.29 is 27.2 Å². The zero-order chi connectivity index (χ0) is 31.2. The molecule has 5 N–H and O–H groups in total. The molecule has 7 nitrogen and oxygen atoms in total. The van der Waals surface area contributed by atoms with Crippen molar-refractivity contribution in [3.05, 3.63) is 113 Å². The quantitative estimate of drug-likeness (QED) is 0.112. The van der Waals surface area contributed by atoms with Crippen molar-refractivity contribution in [2.24, 2.45) is 11.7 Å². The van der Waals surface area contributed by atoms with Gasteiger partial charge in [0.2, 0.25) is 5.91 Å². The van der Waals surface area contributed by atoms with Crippen LogP contribution in [0.3, 0.4) is 0 Å². The zero-order valence-electron chi connectivity index (χ0n) is 23.6. The van der Waals surface area contributed by atoms with Gasteiger partial charge in [0.25, 0.3) is 5.91 Å². The van der Waals surface area contributed by atoms with E-state index in [0.29, 0.717) is 40.8 Å².